The van der Waals surface area contributed by atoms with E-state index in [0.717, 1.165) is 4.90 Å². The van der Waals surface area contributed by atoms with Crippen molar-refractivity contribution in [3.8, 4) is 0 Å². The molecular formula is C16H15ClN2O4S. The molecule has 1 N–H and O–H groups in total. The highest BCUT2D eigenvalue weighted by Crippen LogP contribution is 2.20. The summed E-state index contributed by atoms with van der Waals surface area (Å²) in [6, 6.07) is 10.3. The summed E-state index contributed by atoms with van der Waals surface area (Å²) in [4.78, 5) is 35.9. The average molecular weight is 367 g/mol. The number of ether oxygens (including phenoxy) is 1. The van der Waals surface area contributed by atoms with Crippen molar-refractivity contribution < 1.29 is 19.1 Å². The molecule has 0 spiro atoms. The predicted octanol–water partition coefficient (Wildman–Crippen LogP) is 2.27. The van der Waals surface area contributed by atoms with Gasteiger partial charge in [-0.2, -0.15) is 0 Å². The van der Waals surface area contributed by atoms with E-state index in [4.69, 9.17) is 16.3 Å². The fraction of sp³-hybridized carbons (Fsp3) is 0.188. The van der Waals surface area contributed by atoms with Crippen LogP contribution in [0.5, 0.6) is 0 Å². The van der Waals surface area contributed by atoms with E-state index in [1.165, 1.54) is 11.8 Å². The summed E-state index contributed by atoms with van der Waals surface area (Å²) in [5.74, 6) is -1.71. The van der Waals surface area contributed by atoms with Crippen molar-refractivity contribution in [2.24, 2.45) is 7.05 Å². The number of esters is 1. The number of hydrogen-bond donors (Lipinski definition) is 1. The number of benzene rings is 1. The largest absolute Gasteiger partial charge is 0.455 e. The zero-order valence-corrected chi connectivity index (χ0v) is 14.4. The highest BCUT2D eigenvalue weighted by Gasteiger charge is 2.14. The maximum atomic E-state index is 11.8. The monoisotopic (exact) mass is 366 g/mol. The third-order valence-corrected chi connectivity index (χ3v) is 4.20. The molecular weight excluding hydrogens is 352 g/mol. The molecule has 1 heterocycles. The topological polar surface area (TPSA) is 77.4 Å². The SMILES string of the molecule is Cn1cccc1C(=O)NC(=O)COC(=O)CSc1ccc(Cl)cc1. The minimum atomic E-state index is -0.675. The van der Waals surface area contributed by atoms with Gasteiger partial charge in [0.05, 0.1) is 5.75 Å². The van der Waals surface area contributed by atoms with Crippen LogP contribution >= 0.6 is 23.4 Å². The Morgan fingerprint density at radius 3 is 2.54 bits per heavy atom. The number of aryl methyl sites for hydroxylation is 1. The Kier molecular flexibility index (Phi) is 6.45. The third kappa shape index (κ3) is 5.43. The summed E-state index contributed by atoms with van der Waals surface area (Å²) in [6.07, 6.45) is 1.69. The summed E-state index contributed by atoms with van der Waals surface area (Å²) in [5.41, 5.74) is 0.341. The van der Waals surface area contributed by atoms with Gasteiger partial charge in [0.25, 0.3) is 11.8 Å². The molecule has 0 fully saturated rings. The van der Waals surface area contributed by atoms with Crippen molar-refractivity contribution in [1.29, 1.82) is 0 Å². The Balaban J connectivity index is 1.71. The van der Waals surface area contributed by atoms with Gasteiger partial charge >= 0.3 is 5.97 Å². The molecule has 2 rings (SSSR count). The predicted molar refractivity (Wildman–Crippen MR) is 91.0 cm³/mol. The normalized spacial score (nSPS) is 10.2. The molecule has 0 aliphatic heterocycles. The number of hydrogen-bond acceptors (Lipinski definition) is 5. The first-order valence-corrected chi connectivity index (χ1v) is 8.31. The first-order valence-electron chi connectivity index (χ1n) is 6.95. The molecule has 126 valence electrons. The highest BCUT2D eigenvalue weighted by atomic mass is 35.5. The molecule has 8 heteroatoms. The molecule has 0 bridgehead atoms. The number of nitrogens with one attached hydrogen (secondary N) is 1. The summed E-state index contributed by atoms with van der Waals surface area (Å²) < 4.78 is 6.42. The van der Waals surface area contributed by atoms with Gasteiger partial charge in [-0.05, 0) is 36.4 Å². The molecule has 24 heavy (non-hydrogen) atoms. The van der Waals surface area contributed by atoms with Gasteiger partial charge in [-0.15, -0.1) is 11.8 Å². The van der Waals surface area contributed by atoms with Crippen LogP contribution in [0.1, 0.15) is 10.5 Å². The zero-order chi connectivity index (χ0) is 17.5. The Labute approximate surface area is 148 Å². The molecule has 2 aromatic rings. The maximum absolute atomic E-state index is 11.8. The van der Waals surface area contributed by atoms with Crippen LogP contribution in [-0.2, 0) is 21.4 Å². The van der Waals surface area contributed by atoms with E-state index in [-0.39, 0.29) is 5.75 Å². The molecule has 0 saturated carbocycles. The van der Waals surface area contributed by atoms with Gasteiger partial charge in [-0.25, -0.2) is 0 Å². The lowest BCUT2D eigenvalue weighted by Crippen LogP contribution is -2.35. The molecule has 0 aliphatic carbocycles. The lowest BCUT2D eigenvalue weighted by molar-refractivity contribution is -0.145. The van der Waals surface area contributed by atoms with Gasteiger partial charge in [0.1, 0.15) is 5.69 Å². The van der Waals surface area contributed by atoms with Crippen LogP contribution in [0.15, 0.2) is 47.5 Å². The Hall–Kier alpha value is -2.25. The summed E-state index contributed by atoms with van der Waals surface area (Å²) in [7, 11) is 1.69. The zero-order valence-electron chi connectivity index (χ0n) is 12.8. The molecule has 0 unspecified atom stereocenters. The quantitative estimate of drug-likeness (QED) is 0.627. The fourth-order valence-corrected chi connectivity index (χ4v) is 2.61. The van der Waals surface area contributed by atoms with Gasteiger partial charge in [0.2, 0.25) is 0 Å². The van der Waals surface area contributed by atoms with Crippen molar-refractivity contribution in [1.82, 2.24) is 9.88 Å². The van der Waals surface area contributed by atoms with Crippen molar-refractivity contribution in [2.75, 3.05) is 12.4 Å². The van der Waals surface area contributed by atoms with Crippen LogP contribution in [0.3, 0.4) is 0 Å². The van der Waals surface area contributed by atoms with Crippen LogP contribution in [0.4, 0.5) is 0 Å². The first-order chi connectivity index (χ1) is 11.5. The van der Waals surface area contributed by atoms with Crippen molar-refractivity contribution in [3.05, 3.63) is 53.3 Å². The van der Waals surface area contributed by atoms with Crippen LogP contribution in [0.2, 0.25) is 5.02 Å². The molecule has 1 aromatic carbocycles. The van der Waals surface area contributed by atoms with Crippen LogP contribution in [0, 0.1) is 0 Å². The van der Waals surface area contributed by atoms with Crippen LogP contribution in [-0.4, -0.2) is 34.7 Å². The second-order valence-electron chi connectivity index (χ2n) is 4.78. The van der Waals surface area contributed by atoms with E-state index in [2.05, 4.69) is 5.32 Å². The van der Waals surface area contributed by atoms with Gasteiger partial charge in [-0.1, -0.05) is 11.6 Å². The van der Waals surface area contributed by atoms with Crippen molar-refractivity contribution in [2.45, 2.75) is 4.90 Å². The van der Waals surface area contributed by atoms with E-state index in [0.29, 0.717) is 10.7 Å². The highest BCUT2D eigenvalue weighted by molar-refractivity contribution is 8.00. The number of carbonyl (C=O) groups is 3. The molecule has 0 radical (unpaired) electrons. The van der Waals surface area contributed by atoms with E-state index < -0.39 is 24.4 Å². The summed E-state index contributed by atoms with van der Waals surface area (Å²) >= 11 is 7.04. The first kappa shape index (κ1) is 18.1. The lowest BCUT2D eigenvalue weighted by Gasteiger charge is -2.06. The Bertz CT molecular complexity index is 743. The Morgan fingerprint density at radius 2 is 1.92 bits per heavy atom. The van der Waals surface area contributed by atoms with Gasteiger partial charge < -0.3 is 9.30 Å². The van der Waals surface area contributed by atoms with Gasteiger partial charge in [0, 0.05) is 23.2 Å². The third-order valence-electron chi connectivity index (χ3n) is 2.96. The minimum absolute atomic E-state index is 0.0562. The average Bonchev–Trinajstić information content (AvgIpc) is 2.98. The fourth-order valence-electron chi connectivity index (χ4n) is 1.78. The number of imide groups is 1. The van der Waals surface area contributed by atoms with Crippen LogP contribution < -0.4 is 5.32 Å². The van der Waals surface area contributed by atoms with Gasteiger partial charge in [0.15, 0.2) is 6.61 Å². The molecule has 1 aromatic heterocycles. The number of thioether (sulfide) groups is 1. The summed E-state index contributed by atoms with van der Waals surface area (Å²) in [5, 5.41) is 2.77. The smallest absolute Gasteiger partial charge is 0.316 e. The molecule has 2 amide bonds. The number of nitrogens with zero attached hydrogens (tertiary/aromatic N) is 1. The number of carbonyl (C=O) groups excluding carboxylic acids is 3. The van der Waals surface area contributed by atoms with Crippen molar-refractivity contribution >= 4 is 41.1 Å². The van der Waals surface area contributed by atoms with E-state index >= 15 is 0 Å². The summed E-state index contributed by atoms with van der Waals surface area (Å²) in [6.45, 7) is -0.504. The second-order valence-corrected chi connectivity index (χ2v) is 6.27. The minimum Gasteiger partial charge on any atom is -0.455 e. The van der Waals surface area contributed by atoms with Crippen LogP contribution in [0.25, 0.3) is 0 Å². The number of rotatable bonds is 6. The number of halogens is 1. The maximum Gasteiger partial charge on any atom is 0.316 e. The van der Waals surface area contributed by atoms with Gasteiger partial charge in [-0.3, -0.25) is 19.7 Å². The number of aromatic nitrogens is 1. The standard InChI is InChI=1S/C16H15ClN2O4S/c1-19-8-2-3-13(19)16(22)18-14(20)9-23-15(21)10-24-12-6-4-11(17)5-7-12/h2-8H,9-10H2,1H3,(H,18,20,22). The second kappa shape index (κ2) is 8.56. The van der Waals surface area contributed by atoms with Crippen molar-refractivity contribution in [3.63, 3.8) is 0 Å². The Morgan fingerprint density at radius 1 is 1.21 bits per heavy atom. The molecule has 0 saturated heterocycles. The van der Waals surface area contributed by atoms with E-state index in [1.807, 2.05) is 0 Å². The molecule has 6 nitrogen and oxygen atoms in total. The molecule has 0 aliphatic rings. The number of amides is 2. The van der Waals surface area contributed by atoms with E-state index in [1.54, 1.807) is 54.2 Å². The van der Waals surface area contributed by atoms with E-state index in [9.17, 15) is 14.4 Å². The molecule has 0 atom stereocenters. The lowest BCUT2D eigenvalue weighted by atomic mass is 10.4.